The molecule has 0 aliphatic heterocycles. The molecule has 19 heavy (non-hydrogen) atoms. The monoisotopic (exact) mass is 261 g/mol. The quantitative estimate of drug-likeness (QED) is 0.841. The highest BCUT2D eigenvalue weighted by Gasteiger charge is 2.54. The molecule has 2 heteroatoms. The molecule has 106 valence electrons. The second-order valence-corrected chi connectivity index (χ2v) is 7.98. The average Bonchev–Trinajstić information content (AvgIpc) is 2.87. The van der Waals surface area contributed by atoms with E-state index in [-0.39, 0.29) is 5.41 Å². The fourth-order valence-corrected chi connectivity index (χ4v) is 6.01. The van der Waals surface area contributed by atoms with E-state index in [0.717, 1.165) is 17.8 Å². The molecule has 0 aromatic heterocycles. The molecule has 0 radical (unpaired) electrons. The van der Waals surface area contributed by atoms with Crippen LogP contribution >= 0.6 is 0 Å². The van der Waals surface area contributed by atoms with Crippen molar-refractivity contribution in [3.63, 3.8) is 0 Å². The van der Waals surface area contributed by atoms with Crippen molar-refractivity contribution < 1.29 is 4.79 Å². The number of carbonyl (C=O) groups excluding carboxylic acids is 1. The molecular formula is C17H27NO. The summed E-state index contributed by atoms with van der Waals surface area (Å²) in [6.07, 6.45) is 13.3. The van der Waals surface area contributed by atoms with E-state index in [1.165, 1.54) is 64.2 Å². The van der Waals surface area contributed by atoms with Crippen molar-refractivity contribution in [2.75, 3.05) is 6.54 Å². The van der Waals surface area contributed by atoms with Crippen molar-refractivity contribution in [2.45, 2.75) is 70.3 Å². The van der Waals surface area contributed by atoms with Crippen LogP contribution in [-0.2, 0) is 4.79 Å². The molecule has 1 N–H and O–H groups in total. The van der Waals surface area contributed by atoms with E-state index in [2.05, 4.69) is 5.32 Å². The highest BCUT2D eigenvalue weighted by atomic mass is 16.1. The molecule has 0 spiro atoms. The van der Waals surface area contributed by atoms with E-state index in [9.17, 15) is 4.79 Å². The lowest BCUT2D eigenvalue weighted by Gasteiger charge is -2.56. The third-order valence-electron chi connectivity index (χ3n) is 6.54. The van der Waals surface area contributed by atoms with E-state index in [1.807, 2.05) is 0 Å². The molecule has 5 aliphatic rings. The zero-order chi connectivity index (χ0) is 12.9. The van der Waals surface area contributed by atoms with Crippen molar-refractivity contribution >= 4 is 5.78 Å². The van der Waals surface area contributed by atoms with Crippen molar-refractivity contribution in [3.05, 3.63) is 0 Å². The summed E-state index contributed by atoms with van der Waals surface area (Å²) in [4.78, 5) is 12.8. The summed E-state index contributed by atoms with van der Waals surface area (Å²) >= 11 is 0. The van der Waals surface area contributed by atoms with E-state index >= 15 is 0 Å². The summed E-state index contributed by atoms with van der Waals surface area (Å²) in [6.45, 7) is 0.664. The largest absolute Gasteiger partial charge is 0.307 e. The Kier molecular flexibility index (Phi) is 2.98. The van der Waals surface area contributed by atoms with Crippen molar-refractivity contribution in [2.24, 2.45) is 23.2 Å². The molecule has 0 saturated heterocycles. The Morgan fingerprint density at radius 2 is 1.47 bits per heavy atom. The first-order valence-corrected chi connectivity index (χ1v) is 8.50. The Morgan fingerprint density at radius 1 is 0.947 bits per heavy atom. The smallest absolute Gasteiger partial charge is 0.152 e. The Balaban J connectivity index is 1.41. The van der Waals surface area contributed by atoms with Gasteiger partial charge in [-0.1, -0.05) is 12.8 Å². The third kappa shape index (κ3) is 2.16. The molecule has 0 aromatic rings. The van der Waals surface area contributed by atoms with Crippen LogP contribution in [0, 0.1) is 23.2 Å². The highest BCUT2D eigenvalue weighted by Crippen LogP contribution is 2.60. The van der Waals surface area contributed by atoms with E-state index in [1.54, 1.807) is 0 Å². The van der Waals surface area contributed by atoms with Crippen LogP contribution in [-0.4, -0.2) is 18.4 Å². The lowest BCUT2D eigenvalue weighted by molar-refractivity contribution is -0.143. The minimum atomic E-state index is 0.111. The van der Waals surface area contributed by atoms with Gasteiger partial charge in [0.2, 0.25) is 0 Å². The second-order valence-electron chi connectivity index (χ2n) is 7.98. The summed E-state index contributed by atoms with van der Waals surface area (Å²) in [5.41, 5.74) is 0.111. The van der Waals surface area contributed by atoms with Gasteiger partial charge in [-0.15, -0.1) is 0 Å². The van der Waals surface area contributed by atoms with Crippen LogP contribution in [0.15, 0.2) is 0 Å². The fourth-order valence-electron chi connectivity index (χ4n) is 6.01. The third-order valence-corrected chi connectivity index (χ3v) is 6.54. The van der Waals surface area contributed by atoms with Crippen LogP contribution < -0.4 is 5.32 Å². The van der Waals surface area contributed by atoms with Gasteiger partial charge in [0.25, 0.3) is 0 Å². The van der Waals surface area contributed by atoms with Crippen LogP contribution in [0.5, 0.6) is 0 Å². The zero-order valence-corrected chi connectivity index (χ0v) is 12.0. The van der Waals surface area contributed by atoms with Crippen molar-refractivity contribution in [3.8, 4) is 0 Å². The van der Waals surface area contributed by atoms with Crippen LogP contribution in [0.2, 0.25) is 0 Å². The SMILES string of the molecule is O=C(CNC1CCCC1)C12CC3CC(CC(C3)C1)C2. The van der Waals surface area contributed by atoms with Gasteiger partial charge in [-0.25, -0.2) is 0 Å². The van der Waals surface area contributed by atoms with E-state index in [4.69, 9.17) is 0 Å². The predicted molar refractivity (Wildman–Crippen MR) is 75.9 cm³/mol. The minimum absolute atomic E-state index is 0.111. The Hall–Kier alpha value is -0.370. The molecule has 0 heterocycles. The number of hydrogen-bond donors (Lipinski definition) is 1. The molecule has 5 fully saturated rings. The fraction of sp³-hybridized carbons (Fsp3) is 0.941. The average molecular weight is 261 g/mol. The van der Waals surface area contributed by atoms with Crippen molar-refractivity contribution in [1.29, 1.82) is 0 Å². The summed E-state index contributed by atoms with van der Waals surface area (Å²) in [6, 6.07) is 0.637. The maximum atomic E-state index is 12.8. The number of Topliss-reactive ketones (excluding diaryl/α,β-unsaturated/α-hetero) is 1. The maximum absolute atomic E-state index is 12.8. The highest BCUT2D eigenvalue weighted by molar-refractivity contribution is 5.87. The number of hydrogen-bond acceptors (Lipinski definition) is 2. The first-order chi connectivity index (χ1) is 9.23. The maximum Gasteiger partial charge on any atom is 0.152 e. The Bertz CT molecular complexity index is 334. The summed E-state index contributed by atoms with van der Waals surface area (Å²) < 4.78 is 0. The Labute approximate surface area is 116 Å². The van der Waals surface area contributed by atoms with Gasteiger partial charge in [0, 0.05) is 11.5 Å². The van der Waals surface area contributed by atoms with Gasteiger partial charge >= 0.3 is 0 Å². The first kappa shape index (κ1) is 12.4. The minimum Gasteiger partial charge on any atom is -0.307 e. The van der Waals surface area contributed by atoms with Gasteiger partial charge in [0.05, 0.1) is 6.54 Å². The molecule has 2 nitrogen and oxygen atoms in total. The van der Waals surface area contributed by atoms with Gasteiger partial charge in [0.15, 0.2) is 5.78 Å². The first-order valence-electron chi connectivity index (χ1n) is 8.50. The lowest BCUT2D eigenvalue weighted by Crippen LogP contribution is -2.52. The summed E-state index contributed by atoms with van der Waals surface area (Å²) in [7, 11) is 0. The second kappa shape index (κ2) is 4.58. The molecule has 5 rings (SSSR count). The molecule has 5 saturated carbocycles. The van der Waals surface area contributed by atoms with Gasteiger partial charge < -0.3 is 5.32 Å². The van der Waals surface area contributed by atoms with Gasteiger partial charge in [-0.05, 0) is 69.1 Å². The van der Waals surface area contributed by atoms with Crippen LogP contribution in [0.3, 0.4) is 0 Å². The van der Waals surface area contributed by atoms with Gasteiger partial charge in [-0.3, -0.25) is 4.79 Å². The molecule has 0 aromatic carbocycles. The topological polar surface area (TPSA) is 29.1 Å². The molecule has 5 aliphatic carbocycles. The number of carbonyl (C=O) groups is 1. The van der Waals surface area contributed by atoms with Crippen LogP contribution in [0.4, 0.5) is 0 Å². The Morgan fingerprint density at radius 3 is 2.00 bits per heavy atom. The number of nitrogens with one attached hydrogen (secondary N) is 1. The van der Waals surface area contributed by atoms with Crippen molar-refractivity contribution in [1.82, 2.24) is 5.32 Å². The van der Waals surface area contributed by atoms with E-state index in [0.29, 0.717) is 18.4 Å². The van der Waals surface area contributed by atoms with Crippen LogP contribution in [0.1, 0.15) is 64.2 Å². The predicted octanol–water partition coefficient (Wildman–Crippen LogP) is 3.30. The molecule has 0 amide bonds. The summed E-state index contributed by atoms with van der Waals surface area (Å²) in [5, 5.41) is 3.56. The standard InChI is InChI=1S/C17H27NO/c19-16(11-18-15-3-1-2-4-15)17-8-12-5-13(9-17)7-14(6-12)10-17/h12-15,18H,1-11H2. The summed E-state index contributed by atoms with van der Waals surface area (Å²) in [5.74, 6) is 3.24. The molecule has 0 atom stereocenters. The number of ketones is 1. The lowest BCUT2D eigenvalue weighted by atomic mass is 9.48. The zero-order valence-electron chi connectivity index (χ0n) is 12.0. The van der Waals surface area contributed by atoms with E-state index < -0.39 is 0 Å². The molecule has 0 unspecified atom stereocenters. The van der Waals surface area contributed by atoms with Crippen LogP contribution in [0.25, 0.3) is 0 Å². The van der Waals surface area contributed by atoms with Gasteiger partial charge in [0.1, 0.15) is 0 Å². The number of rotatable bonds is 4. The van der Waals surface area contributed by atoms with Gasteiger partial charge in [-0.2, -0.15) is 0 Å². The normalized spacial score (nSPS) is 44.9. The molecular weight excluding hydrogens is 234 g/mol. The molecule has 4 bridgehead atoms.